The summed E-state index contributed by atoms with van der Waals surface area (Å²) in [5.74, 6) is -0.0566. The molecule has 3 rings (SSSR count). The van der Waals surface area contributed by atoms with Crippen molar-refractivity contribution in [1.29, 1.82) is 0 Å². The van der Waals surface area contributed by atoms with Crippen LogP contribution in [-0.2, 0) is 19.1 Å². The van der Waals surface area contributed by atoms with Gasteiger partial charge in [-0.1, -0.05) is 12.1 Å². The van der Waals surface area contributed by atoms with Gasteiger partial charge in [-0.3, -0.25) is 4.79 Å². The van der Waals surface area contributed by atoms with E-state index in [4.69, 9.17) is 14.2 Å². The minimum atomic E-state index is -0.435. The lowest BCUT2D eigenvalue weighted by Gasteiger charge is -2.34. The number of allylic oxidation sites excluding steroid dienone is 3. The Kier molecular flexibility index (Phi) is 5.96. The molecule has 0 spiro atoms. The van der Waals surface area contributed by atoms with E-state index < -0.39 is 11.9 Å². The molecule has 0 amide bonds. The summed E-state index contributed by atoms with van der Waals surface area (Å²) < 4.78 is 15.6. The number of ketones is 1. The Hall–Kier alpha value is -2.60. The molecule has 2 aliphatic rings. The van der Waals surface area contributed by atoms with Crippen molar-refractivity contribution in [3.63, 3.8) is 0 Å². The third-order valence-corrected chi connectivity index (χ3v) is 4.97. The molecule has 0 saturated heterocycles. The maximum Gasteiger partial charge on any atom is 0.336 e. The number of rotatable bonds is 6. The summed E-state index contributed by atoms with van der Waals surface area (Å²) in [4.78, 5) is 25.6. The van der Waals surface area contributed by atoms with E-state index in [-0.39, 0.29) is 12.4 Å². The van der Waals surface area contributed by atoms with Gasteiger partial charge in [-0.2, -0.15) is 0 Å². The number of carbonyl (C=O) groups is 2. The molecule has 1 N–H and O–H groups in total. The lowest BCUT2D eigenvalue weighted by molar-refractivity contribution is -0.140. The molecule has 144 valence electrons. The molecule has 0 radical (unpaired) electrons. The van der Waals surface area contributed by atoms with Gasteiger partial charge < -0.3 is 19.5 Å². The first-order valence-corrected chi connectivity index (χ1v) is 9.10. The highest BCUT2D eigenvalue weighted by Crippen LogP contribution is 2.42. The fraction of sp³-hybridized carbons (Fsp3) is 0.429. The lowest BCUT2D eigenvalue weighted by atomic mass is 9.75. The Morgan fingerprint density at radius 1 is 1.15 bits per heavy atom. The lowest BCUT2D eigenvalue weighted by Crippen LogP contribution is -2.34. The molecule has 1 atom stereocenters. The monoisotopic (exact) mass is 371 g/mol. The largest absolute Gasteiger partial charge is 0.497 e. The van der Waals surface area contributed by atoms with Gasteiger partial charge in [-0.25, -0.2) is 4.79 Å². The number of dihydropyridines is 1. The molecular weight excluding hydrogens is 346 g/mol. The third kappa shape index (κ3) is 3.90. The molecule has 1 aromatic carbocycles. The van der Waals surface area contributed by atoms with Crippen molar-refractivity contribution in [3.8, 4) is 5.75 Å². The molecule has 0 bridgehead atoms. The van der Waals surface area contributed by atoms with Crippen LogP contribution >= 0.6 is 0 Å². The standard InChI is InChI=1S/C21H25NO5/c1-13-18(21(24)27-12-11-25-2)19(14-7-9-15(26-3)10-8-14)20-16(22-13)5-4-6-17(20)23/h7-10,19,22H,4-6,11-12H2,1-3H3. The molecule has 1 aliphatic carbocycles. The molecule has 0 fully saturated rings. The second-order valence-electron chi connectivity index (χ2n) is 6.67. The minimum absolute atomic E-state index is 0.0826. The molecule has 0 saturated carbocycles. The number of esters is 1. The highest BCUT2D eigenvalue weighted by Gasteiger charge is 2.39. The van der Waals surface area contributed by atoms with E-state index in [2.05, 4.69) is 5.32 Å². The number of hydrogen-bond acceptors (Lipinski definition) is 6. The maximum atomic E-state index is 12.8. The number of ether oxygens (including phenoxy) is 3. The van der Waals surface area contributed by atoms with Crippen molar-refractivity contribution in [2.24, 2.45) is 0 Å². The van der Waals surface area contributed by atoms with E-state index in [0.29, 0.717) is 24.2 Å². The summed E-state index contributed by atoms with van der Waals surface area (Å²) in [6.45, 7) is 2.35. The van der Waals surface area contributed by atoms with Crippen molar-refractivity contribution < 1.29 is 23.8 Å². The molecule has 27 heavy (non-hydrogen) atoms. The summed E-state index contributed by atoms with van der Waals surface area (Å²) >= 11 is 0. The smallest absolute Gasteiger partial charge is 0.336 e. The highest BCUT2D eigenvalue weighted by atomic mass is 16.6. The van der Waals surface area contributed by atoms with E-state index >= 15 is 0 Å². The van der Waals surface area contributed by atoms with Crippen molar-refractivity contribution in [2.45, 2.75) is 32.1 Å². The predicted octanol–water partition coefficient (Wildman–Crippen LogP) is 2.85. The average Bonchev–Trinajstić information content (AvgIpc) is 2.67. The van der Waals surface area contributed by atoms with Crippen LogP contribution in [0.25, 0.3) is 0 Å². The number of hydrogen-bond donors (Lipinski definition) is 1. The van der Waals surface area contributed by atoms with Gasteiger partial charge in [0.25, 0.3) is 0 Å². The Labute approximate surface area is 159 Å². The zero-order chi connectivity index (χ0) is 19.4. The number of nitrogens with one attached hydrogen (secondary N) is 1. The van der Waals surface area contributed by atoms with Crippen molar-refractivity contribution in [2.75, 3.05) is 27.4 Å². The summed E-state index contributed by atoms with van der Waals surface area (Å²) in [5, 5.41) is 3.27. The molecule has 1 unspecified atom stereocenters. The van der Waals surface area contributed by atoms with Crippen molar-refractivity contribution >= 4 is 11.8 Å². The Morgan fingerprint density at radius 3 is 2.56 bits per heavy atom. The van der Waals surface area contributed by atoms with Gasteiger partial charge in [0.15, 0.2) is 5.78 Å². The van der Waals surface area contributed by atoms with Crippen LogP contribution in [0.5, 0.6) is 5.75 Å². The van der Waals surface area contributed by atoms with E-state index in [1.54, 1.807) is 14.2 Å². The Balaban J connectivity index is 2.03. The van der Waals surface area contributed by atoms with Gasteiger partial charge >= 0.3 is 5.97 Å². The van der Waals surface area contributed by atoms with Crippen LogP contribution in [0.4, 0.5) is 0 Å². The van der Waals surface area contributed by atoms with Gasteiger partial charge in [0.2, 0.25) is 0 Å². The molecule has 6 heteroatoms. The third-order valence-electron chi connectivity index (χ3n) is 4.97. The minimum Gasteiger partial charge on any atom is -0.497 e. The van der Waals surface area contributed by atoms with E-state index in [1.807, 2.05) is 31.2 Å². The summed E-state index contributed by atoms with van der Waals surface area (Å²) in [6, 6.07) is 7.48. The summed E-state index contributed by atoms with van der Waals surface area (Å²) in [6.07, 6.45) is 2.12. The van der Waals surface area contributed by atoms with Crippen LogP contribution in [0.2, 0.25) is 0 Å². The quantitative estimate of drug-likeness (QED) is 0.612. The molecule has 6 nitrogen and oxygen atoms in total. The van der Waals surface area contributed by atoms with Crippen molar-refractivity contribution in [1.82, 2.24) is 5.32 Å². The van der Waals surface area contributed by atoms with Crippen LogP contribution < -0.4 is 10.1 Å². The predicted molar refractivity (Wildman–Crippen MR) is 100 cm³/mol. The maximum absolute atomic E-state index is 12.8. The van der Waals surface area contributed by atoms with Crippen LogP contribution in [-0.4, -0.2) is 39.2 Å². The number of Topliss-reactive ketones (excluding diaryl/α,β-unsaturated/α-hetero) is 1. The number of methoxy groups -OCH3 is 2. The second kappa shape index (κ2) is 8.39. The molecule has 1 aromatic rings. The topological polar surface area (TPSA) is 73.9 Å². The zero-order valence-electron chi connectivity index (χ0n) is 16.0. The Morgan fingerprint density at radius 2 is 1.89 bits per heavy atom. The van der Waals surface area contributed by atoms with Gasteiger partial charge in [0.05, 0.1) is 19.3 Å². The number of carbonyl (C=O) groups excluding carboxylic acids is 2. The van der Waals surface area contributed by atoms with E-state index in [1.165, 1.54) is 0 Å². The first-order valence-electron chi connectivity index (χ1n) is 9.10. The molecule has 1 heterocycles. The fourth-order valence-corrected chi connectivity index (χ4v) is 3.68. The second-order valence-corrected chi connectivity index (χ2v) is 6.67. The molecule has 0 aromatic heterocycles. The normalized spacial score (nSPS) is 19.5. The molecular formula is C21H25NO5. The van der Waals surface area contributed by atoms with Crippen LogP contribution in [0.3, 0.4) is 0 Å². The number of benzene rings is 1. The average molecular weight is 371 g/mol. The van der Waals surface area contributed by atoms with Gasteiger partial charge in [0, 0.05) is 36.4 Å². The summed E-state index contributed by atoms with van der Waals surface area (Å²) in [7, 11) is 3.16. The highest BCUT2D eigenvalue weighted by molar-refractivity contribution is 6.03. The van der Waals surface area contributed by atoms with Gasteiger partial charge in [-0.05, 0) is 37.5 Å². The van der Waals surface area contributed by atoms with Gasteiger partial charge in [-0.15, -0.1) is 0 Å². The van der Waals surface area contributed by atoms with Crippen LogP contribution in [0, 0.1) is 0 Å². The molecule has 1 aliphatic heterocycles. The van der Waals surface area contributed by atoms with Crippen LogP contribution in [0.15, 0.2) is 46.8 Å². The first-order chi connectivity index (χ1) is 13.1. The first kappa shape index (κ1) is 19.2. The fourth-order valence-electron chi connectivity index (χ4n) is 3.68. The van der Waals surface area contributed by atoms with E-state index in [9.17, 15) is 9.59 Å². The SMILES string of the molecule is COCCOC(=O)C1=C(C)NC2=C(C(=O)CCC2)C1c1ccc(OC)cc1. The Bertz CT molecular complexity index is 791. The summed E-state index contributed by atoms with van der Waals surface area (Å²) in [5.41, 5.74) is 3.67. The van der Waals surface area contributed by atoms with Gasteiger partial charge in [0.1, 0.15) is 12.4 Å². The zero-order valence-corrected chi connectivity index (χ0v) is 16.0. The van der Waals surface area contributed by atoms with Crippen molar-refractivity contribution in [3.05, 3.63) is 52.4 Å². The van der Waals surface area contributed by atoms with E-state index in [0.717, 1.165) is 35.5 Å². The van der Waals surface area contributed by atoms with Crippen LogP contribution in [0.1, 0.15) is 37.7 Å².